The van der Waals surface area contributed by atoms with Crippen LogP contribution in [0.5, 0.6) is 0 Å². The summed E-state index contributed by atoms with van der Waals surface area (Å²) in [6.45, 7) is 8.58. The molecule has 1 aromatic rings. The van der Waals surface area contributed by atoms with Gasteiger partial charge >= 0.3 is 0 Å². The van der Waals surface area contributed by atoms with E-state index in [1.165, 1.54) is 0 Å². The Morgan fingerprint density at radius 2 is 1.74 bits per heavy atom. The lowest BCUT2D eigenvalue weighted by atomic mass is 10.0. The molecule has 2 saturated heterocycles. The molecule has 0 radical (unpaired) electrons. The summed E-state index contributed by atoms with van der Waals surface area (Å²) in [7, 11) is 0. The largest absolute Gasteiger partial charge is 0.340 e. The number of benzene rings is 1. The van der Waals surface area contributed by atoms with Gasteiger partial charge in [-0.1, -0.05) is 39.8 Å². The summed E-state index contributed by atoms with van der Waals surface area (Å²) in [4.78, 5) is 55.6. The van der Waals surface area contributed by atoms with Gasteiger partial charge in [0.2, 0.25) is 11.8 Å². The summed E-state index contributed by atoms with van der Waals surface area (Å²) in [5.41, 5.74) is 13.1. The molecule has 0 bridgehead atoms. The zero-order valence-electron chi connectivity index (χ0n) is 21.2. The number of nitrogens with one attached hydrogen (secondary N) is 1. The fraction of sp³-hybridized carbons (Fsp3) is 0.615. The first-order valence-corrected chi connectivity index (χ1v) is 12.5. The molecule has 0 spiro atoms. The third-order valence-corrected chi connectivity index (χ3v) is 6.77. The molecule has 192 valence electrons. The van der Waals surface area contributed by atoms with Crippen molar-refractivity contribution >= 4 is 23.5 Å². The smallest absolute Gasteiger partial charge is 0.251 e. The van der Waals surface area contributed by atoms with Gasteiger partial charge in [-0.15, -0.1) is 0 Å². The van der Waals surface area contributed by atoms with Crippen molar-refractivity contribution in [2.24, 2.45) is 23.3 Å². The lowest BCUT2D eigenvalue weighted by Gasteiger charge is -2.29. The molecule has 5 N–H and O–H groups in total. The van der Waals surface area contributed by atoms with E-state index in [4.69, 9.17) is 11.5 Å². The van der Waals surface area contributed by atoms with Crippen molar-refractivity contribution in [3.8, 4) is 0 Å². The van der Waals surface area contributed by atoms with Crippen molar-refractivity contribution in [1.82, 2.24) is 15.1 Å². The van der Waals surface area contributed by atoms with E-state index in [-0.39, 0.29) is 47.9 Å². The minimum atomic E-state index is -0.775. The fourth-order valence-electron chi connectivity index (χ4n) is 5.15. The maximum atomic E-state index is 13.6. The number of likely N-dealkylation sites (tertiary alicyclic amines) is 2. The highest BCUT2D eigenvalue weighted by Gasteiger charge is 2.52. The molecule has 0 aromatic heterocycles. The van der Waals surface area contributed by atoms with Gasteiger partial charge < -0.3 is 26.6 Å². The Bertz CT molecular complexity index is 963. The van der Waals surface area contributed by atoms with Crippen LogP contribution in [-0.4, -0.2) is 70.6 Å². The zero-order chi connectivity index (χ0) is 25.9. The first kappa shape index (κ1) is 26.8. The Hall–Kier alpha value is -2.78. The van der Waals surface area contributed by atoms with Crippen molar-refractivity contribution in [3.05, 3.63) is 35.4 Å². The lowest BCUT2D eigenvalue weighted by molar-refractivity contribution is -0.138. The number of nitrogens with zero attached hydrogens (tertiary/aromatic N) is 2. The quantitative estimate of drug-likeness (QED) is 0.478. The maximum Gasteiger partial charge on any atom is 0.251 e. The number of hydrogen-bond donors (Lipinski definition) is 3. The van der Waals surface area contributed by atoms with Gasteiger partial charge in [-0.25, -0.2) is 0 Å². The number of amides is 3. The molecule has 9 heteroatoms. The van der Waals surface area contributed by atoms with E-state index >= 15 is 0 Å². The number of Topliss-reactive ketones (excluding diaryl/α,β-unsaturated/α-hetero) is 1. The van der Waals surface area contributed by atoms with E-state index in [0.717, 1.165) is 5.56 Å². The van der Waals surface area contributed by atoms with Crippen LogP contribution in [0.15, 0.2) is 24.3 Å². The molecule has 9 nitrogen and oxygen atoms in total. The van der Waals surface area contributed by atoms with Crippen LogP contribution in [0.3, 0.4) is 0 Å². The fourth-order valence-corrected chi connectivity index (χ4v) is 5.15. The van der Waals surface area contributed by atoms with Crippen LogP contribution >= 0.6 is 0 Å². The molecule has 2 aliphatic rings. The molecule has 3 amide bonds. The molecular formula is C26H39N5O4. The second kappa shape index (κ2) is 11.3. The Balaban J connectivity index is 1.76. The van der Waals surface area contributed by atoms with Gasteiger partial charge in [0.05, 0.1) is 18.6 Å². The van der Waals surface area contributed by atoms with E-state index in [2.05, 4.69) is 5.32 Å². The normalized spacial score (nSPS) is 21.4. The highest BCUT2D eigenvalue weighted by atomic mass is 16.2. The number of carbonyl (C=O) groups is 4. The molecule has 35 heavy (non-hydrogen) atoms. The number of hydrogen-bond acceptors (Lipinski definition) is 6. The van der Waals surface area contributed by atoms with Gasteiger partial charge in [-0.2, -0.15) is 0 Å². The lowest BCUT2D eigenvalue weighted by Crippen LogP contribution is -2.53. The molecule has 2 heterocycles. The van der Waals surface area contributed by atoms with Crippen LogP contribution < -0.4 is 16.8 Å². The Kier molecular flexibility index (Phi) is 8.66. The van der Waals surface area contributed by atoms with Crippen LogP contribution in [0.4, 0.5) is 0 Å². The molecule has 3 rings (SSSR count). The minimum absolute atomic E-state index is 0.0309. The van der Waals surface area contributed by atoms with Crippen LogP contribution in [0.25, 0.3) is 0 Å². The standard InChI is InChI=1S/C26H39N5O4/c1-15(2)10-19(28)25(34)31-14-22(32)23-21(31)8-9-30(23)26(35)20(11-16(3)4)29-24(33)18-7-5-6-17(12-18)13-27/h5-7,12,15-16,19-21,23H,8-11,13-14,27-28H2,1-4H3,(H,29,33)/t19-,20-,21?,23-/m0/s1. The van der Waals surface area contributed by atoms with Crippen molar-refractivity contribution in [2.45, 2.75) is 77.7 Å². The van der Waals surface area contributed by atoms with Gasteiger partial charge in [0.1, 0.15) is 12.1 Å². The number of ketones is 1. The summed E-state index contributed by atoms with van der Waals surface area (Å²) >= 11 is 0. The summed E-state index contributed by atoms with van der Waals surface area (Å²) in [6, 6.07) is 4.49. The van der Waals surface area contributed by atoms with E-state index in [0.29, 0.717) is 37.9 Å². The molecule has 0 saturated carbocycles. The van der Waals surface area contributed by atoms with E-state index in [1.807, 2.05) is 33.8 Å². The number of fused-ring (bicyclic) bond motifs is 1. The molecule has 1 unspecified atom stereocenters. The molecule has 1 aromatic carbocycles. The topological polar surface area (TPSA) is 139 Å². The van der Waals surface area contributed by atoms with Gasteiger partial charge in [-0.3, -0.25) is 19.2 Å². The summed E-state index contributed by atoms with van der Waals surface area (Å²) in [5.74, 6) is -0.634. The SMILES string of the molecule is CC(C)C[C@H](NC(=O)c1cccc(CN)c1)C(=O)N1CCC2[C@H]1C(=O)CN2C(=O)[C@@H](N)CC(C)C. The van der Waals surface area contributed by atoms with Crippen molar-refractivity contribution < 1.29 is 19.2 Å². The van der Waals surface area contributed by atoms with Crippen LogP contribution in [0.2, 0.25) is 0 Å². The highest BCUT2D eigenvalue weighted by Crippen LogP contribution is 2.31. The number of carbonyl (C=O) groups excluding carboxylic acids is 4. The minimum Gasteiger partial charge on any atom is -0.340 e. The predicted octanol–water partition coefficient (Wildman–Crippen LogP) is 1.04. The first-order valence-electron chi connectivity index (χ1n) is 12.5. The highest BCUT2D eigenvalue weighted by molar-refractivity contribution is 6.01. The van der Waals surface area contributed by atoms with Crippen molar-refractivity contribution in [2.75, 3.05) is 13.1 Å². The van der Waals surface area contributed by atoms with Gasteiger partial charge in [0.15, 0.2) is 5.78 Å². The molecule has 0 aliphatic carbocycles. The maximum absolute atomic E-state index is 13.6. The van der Waals surface area contributed by atoms with Gasteiger partial charge in [0.25, 0.3) is 5.91 Å². The van der Waals surface area contributed by atoms with Gasteiger partial charge in [-0.05, 0) is 48.8 Å². The second-order valence-corrected chi connectivity index (χ2v) is 10.6. The molecule has 2 aliphatic heterocycles. The number of nitrogens with two attached hydrogens (primary N) is 2. The molecular weight excluding hydrogens is 446 g/mol. The summed E-state index contributed by atoms with van der Waals surface area (Å²) in [6.07, 6.45) is 1.49. The Labute approximate surface area is 207 Å². The van der Waals surface area contributed by atoms with E-state index in [1.54, 1.807) is 28.0 Å². The second-order valence-electron chi connectivity index (χ2n) is 10.6. The molecule has 2 fully saturated rings. The summed E-state index contributed by atoms with van der Waals surface area (Å²) < 4.78 is 0. The Morgan fingerprint density at radius 3 is 2.37 bits per heavy atom. The first-order chi connectivity index (χ1) is 16.5. The average molecular weight is 486 g/mol. The van der Waals surface area contributed by atoms with Crippen LogP contribution in [-0.2, 0) is 20.9 Å². The van der Waals surface area contributed by atoms with Crippen LogP contribution in [0, 0.1) is 11.8 Å². The molecule has 4 atom stereocenters. The van der Waals surface area contributed by atoms with E-state index in [9.17, 15) is 19.2 Å². The van der Waals surface area contributed by atoms with Crippen LogP contribution in [0.1, 0.15) is 62.9 Å². The zero-order valence-corrected chi connectivity index (χ0v) is 21.2. The van der Waals surface area contributed by atoms with E-state index < -0.39 is 18.1 Å². The van der Waals surface area contributed by atoms with Crippen molar-refractivity contribution in [3.63, 3.8) is 0 Å². The third-order valence-electron chi connectivity index (χ3n) is 6.77. The predicted molar refractivity (Wildman–Crippen MR) is 133 cm³/mol. The summed E-state index contributed by atoms with van der Waals surface area (Å²) in [5, 5.41) is 2.88. The Morgan fingerprint density at radius 1 is 1.06 bits per heavy atom. The average Bonchev–Trinajstić information content (AvgIpc) is 3.38. The van der Waals surface area contributed by atoms with Crippen molar-refractivity contribution in [1.29, 1.82) is 0 Å². The van der Waals surface area contributed by atoms with Gasteiger partial charge in [0, 0.05) is 18.7 Å². The monoisotopic (exact) mass is 485 g/mol. The third kappa shape index (κ3) is 6.08. The number of rotatable bonds is 9.